The van der Waals surface area contributed by atoms with E-state index in [0.717, 1.165) is 5.56 Å². The molecule has 0 amide bonds. The molecule has 0 aromatic heterocycles. The van der Waals surface area contributed by atoms with Crippen molar-refractivity contribution >= 4 is 5.97 Å². The number of phenols is 1. The third kappa shape index (κ3) is 3.02. The number of benzene rings is 1. The van der Waals surface area contributed by atoms with Crippen LogP contribution in [0.2, 0.25) is 0 Å². The number of nitrogens with zero attached hydrogens (tertiary/aromatic N) is 1. The molecule has 4 N–H and O–H groups in total. The smallest absolute Gasteiger partial charge is 0.326 e. The zero-order valence-corrected chi connectivity index (χ0v) is 13.4. The number of rotatable bonds is 4. The number of aromatic hydroxyl groups is 1. The molecule has 1 aliphatic carbocycles. The van der Waals surface area contributed by atoms with Crippen molar-refractivity contribution in [1.29, 1.82) is 0 Å². The predicted molar refractivity (Wildman–Crippen MR) is 87.4 cm³/mol. The quantitative estimate of drug-likeness (QED) is 0.657. The number of fused-ring (bicyclic) bond motifs is 1. The van der Waals surface area contributed by atoms with E-state index in [0.29, 0.717) is 17.7 Å². The van der Waals surface area contributed by atoms with Crippen molar-refractivity contribution in [2.24, 2.45) is 0 Å². The molecule has 6 nitrogen and oxygen atoms in total. The topological polar surface area (TPSA) is 101 Å². The number of carbonyl (C=O) groups is 1. The Hall–Kier alpha value is -2.31. The van der Waals surface area contributed by atoms with Crippen molar-refractivity contribution in [3.8, 4) is 5.75 Å². The normalized spacial score (nSPS) is 27.3. The van der Waals surface area contributed by atoms with Crippen molar-refractivity contribution in [3.05, 3.63) is 53.3 Å². The van der Waals surface area contributed by atoms with Crippen molar-refractivity contribution < 1.29 is 25.2 Å². The first-order valence-corrected chi connectivity index (χ1v) is 7.87. The van der Waals surface area contributed by atoms with Gasteiger partial charge in [0.25, 0.3) is 0 Å². The Kier molecular flexibility index (Phi) is 4.11. The number of phenolic OH excluding ortho intramolecular Hbond substituents is 1. The van der Waals surface area contributed by atoms with Gasteiger partial charge in [-0.2, -0.15) is 0 Å². The Bertz CT molecular complexity index is 705. The monoisotopic (exact) mass is 331 g/mol. The van der Waals surface area contributed by atoms with E-state index in [-0.39, 0.29) is 18.6 Å². The first-order chi connectivity index (χ1) is 11.3. The second-order valence-electron chi connectivity index (χ2n) is 6.62. The van der Waals surface area contributed by atoms with Gasteiger partial charge in [-0.25, -0.2) is 4.79 Å². The number of aliphatic hydroxyl groups excluding tert-OH is 1. The van der Waals surface area contributed by atoms with Gasteiger partial charge in [0.2, 0.25) is 0 Å². The van der Waals surface area contributed by atoms with Gasteiger partial charge in [0.15, 0.2) is 0 Å². The van der Waals surface area contributed by atoms with Crippen LogP contribution >= 0.6 is 0 Å². The molecule has 1 fully saturated rings. The highest BCUT2D eigenvalue weighted by Crippen LogP contribution is 2.41. The predicted octanol–water partition coefficient (Wildman–Crippen LogP) is 1.03. The maximum absolute atomic E-state index is 11.7. The molecule has 0 saturated heterocycles. The van der Waals surface area contributed by atoms with Crippen molar-refractivity contribution in [2.75, 3.05) is 6.54 Å². The minimum atomic E-state index is -1.16. The lowest BCUT2D eigenvalue weighted by molar-refractivity contribution is -0.142. The molecule has 1 aromatic rings. The molecule has 24 heavy (non-hydrogen) atoms. The molecule has 0 spiro atoms. The van der Waals surface area contributed by atoms with Gasteiger partial charge in [0, 0.05) is 31.2 Å². The fourth-order valence-corrected chi connectivity index (χ4v) is 3.39. The largest absolute Gasteiger partial charge is 0.508 e. The SMILES string of the molecule is C[C@]1(O)C[C@H](O)C2=CCN([C@@H](Cc3ccc(O)cc3)C(=O)O)C=C21. The summed E-state index contributed by atoms with van der Waals surface area (Å²) in [6, 6.07) is 5.64. The van der Waals surface area contributed by atoms with Crippen LogP contribution in [0, 0.1) is 0 Å². The Balaban J connectivity index is 1.85. The number of carboxylic acids is 1. The van der Waals surface area contributed by atoms with Gasteiger partial charge in [0.1, 0.15) is 11.8 Å². The van der Waals surface area contributed by atoms with E-state index in [1.807, 2.05) is 0 Å². The molecule has 128 valence electrons. The highest BCUT2D eigenvalue weighted by Gasteiger charge is 2.43. The molecule has 0 radical (unpaired) electrons. The van der Waals surface area contributed by atoms with E-state index < -0.39 is 23.7 Å². The average molecular weight is 331 g/mol. The minimum absolute atomic E-state index is 0.134. The van der Waals surface area contributed by atoms with Crippen LogP contribution in [0.15, 0.2) is 47.7 Å². The van der Waals surface area contributed by atoms with Crippen molar-refractivity contribution in [2.45, 2.75) is 37.5 Å². The van der Waals surface area contributed by atoms with Crippen molar-refractivity contribution in [3.63, 3.8) is 0 Å². The minimum Gasteiger partial charge on any atom is -0.508 e. The average Bonchev–Trinajstić information content (AvgIpc) is 2.75. The van der Waals surface area contributed by atoms with E-state index in [1.165, 1.54) is 12.1 Å². The Labute approximate surface area is 140 Å². The van der Waals surface area contributed by atoms with Crippen LogP contribution in [0.1, 0.15) is 18.9 Å². The maximum atomic E-state index is 11.7. The van der Waals surface area contributed by atoms with Crippen LogP contribution < -0.4 is 0 Å². The summed E-state index contributed by atoms with van der Waals surface area (Å²) in [5.41, 5.74) is 0.903. The van der Waals surface area contributed by atoms with E-state index in [4.69, 9.17) is 0 Å². The number of aliphatic hydroxyl groups is 2. The van der Waals surface area contributed by atoms with Gasteiger partial charge in [-0.3, -0.25) is 0 Å². The second-order valence-corrected chi connectivity index (χ2v) is 6.62. The van der Waals surface area contributed by atoms with E-state index in [9.17, 15) is 25.2 Å². The number of hydrogen-bond acceptors (Lipinski definition) is 5. The molecule has 3 rings (SSSR count). The molecule has 0 bridgehead atoms. The third-order valence-electron chi connectivity index (χ3n) is 4.71. The van der Waals surface area contributed by atoms with E-state index >= 15 is 0 Å². The van der Waals surface area contributed by atoms with Crippen LogP contribution in [0.5, 0.6) is 5.75 Å². The van der Waals surface area contributed by atoms with Gasteiger partial charge in [-0.1, -0.05) is 18.2 Å². The van der Waals surface area contributed by atoms with Gasteiger partial charge in [0.05, 0.1) is 11.7 Å². The van der Waals surface area contributed by atoms with Gasteiger partial charge >= 0.3 is 5.97 Å². The zero-order valence-electron chi connectivity index (χ0n) is 13.4. The molecule has 1 aromatic carbocycles. The molecular weight excluding hydrogens is 310 g/mol. The molecule has 0 unspecified atom stereocenters. The lowest BCUT2D eigenvalue weighted by atomic mass is 9.95. The highest BCUT2D eigenvalue weighted by atomic mass is 16.4. The lowest BCUT2D eigenvalue weighted by Crippen LogP contribution is -2.42. The summed E-state index contributed by atoms with van der Waals surface area (Å²) in [7, 11) is 0. The summed E-state index contributed by atoms with van der Waals surface area (Å²) in [6.07, 6.45) is 3.22. The molecule has 3 atom stereocenters. The number of carboxylic acid groups (broad SMARTS) is 1. The molecule has 1 heterocycles. The summed E-state index contributed by atoms with van der Waals surface area (Å²) in [5, 5.41) is 39.4. The van der Waals surface area contributed by atoms with Crippen LogP contribution in [0.3, 0.4) is 0 Å². The van der Waals surface area contributed by atoms with Crippen LogP contribution in [0.25, 0.3) is 0 Å². The first kappa shape index (κ1) is 16.5. The summed E-state index contributed by atoms with van der Waals surface area (Å²) >= 11 is 0. The fourth-order valence-electron chi connectivity index (χ4n) is 3.39. The van der Waals surface area contributed by atoms with E-state index in [2.05, 4.69) is 0 Å². The third-order valence-corrected chi connectivity index (χ3v) is 4.71. The second kappa shape index (κ2) is 5.96. The van der Waals surface area contributed by atoms with Crippen LogP contribution in [0.4, 0.5) is 0 Å². The summed E-state index contributed by atoms with van der Waals surface area (Å²) in [5.74, 6) is -0.829. The van der Waals surface area contributed by atoms with Crippen LogP contribution in [-0.2, 0) is 11.2 Å². The molecule has 6 heteroatoms. The standard InChI is InChI=1S/C18H21NO5/c1-18(24)9-16(21)13-6-7-19(10-14(13)18)15(17(22)23)8-11-2-4-12(20)5-3-11/h2-6,10,15-16,20-21,24H,7-9H2,1H3,(H,22,23)/t15-,16-,18-/m0/s1. The summed E-state index contributed by atoms with van der Waals surface area (Å²) in [6.45, 7) is 1.99. The Morgan fingerprint density at radius 3 is 2.67 bits per heavy atom. The summed E-state index contributed by atoms with van der Waals surface area (Å²) in [4.78, 5) is 13.4. The lowest BCUT2D eigenvalue weighted by Gasteiger charge is -2.32. The molecular formula is C18H21NO5. The number of aliphatic carboxylic acids is 1. The highest BCUT2D eigenvalue weighted by molar-refractivity contribution is 5.74. The Morgan fingerprint density at radius 2 is 2.04 bits per heavy atom. The molecule has 2 aliphatic rings. The van der Waals surface area contributed by atoms with Gasteiger partial charge in [-0.15, -0.1) is 0 Å². The van der Waals surface area contributed by atoms with Crippen LogP contribution in [-0.4, -0.2) is 55.6 Å². The number of hydrogen-bond donors (Lipinski definition) is 4. The Morgan fingerprint density at radius 1 is 1.38 bits per heavy atom. The van der Waals surface area contributed by atoms with Gasteiger partial charge < -0.3 is 25.3 Å². The molecule has 1 aliphatic heterocycles. The summed E-state index contributed by atoms with van der Waals surface area (Å²) < 4.78 is 0. The van der Waals surface area contributed by atoms with E-state index in [1.54, 1.807) is 36.2 Å². The fraction of sp³-hybridized carbons (Fsp3) is 0.389. The van der Waals surface area contributed by atoms with Crippen molar-refractivity contribution in [1.82, 2.24) is 4.90 Å². The van der Waals surface area contributed by atoms with Gasteiger partial charge in [-0.05, 0) is 30.2 Å². The first-order valence-electron chi connectivity index (χ1n) is 7.87. The molecule has 1 saturated carbocycles. The maximum Gasteiger partial charge on any atom is 0.326 e. The zero-order chi connectivity index (χ0) is 17.5.